The molecule has 1 rings (SSSR count). The first-order chi connectivity index (χ1) is 8.98. The zero-order chi connectivity index (χ0) is 14.3. The molecule has 0 aliphatic rings. The minimum Gasteiger partial charge on any atom is -0.440 e. The van der Waals surface area contributed by atoms with Crippen molar-refractivity contribution in [2.75, 3.05) is 7.11 Å². The Morgan fingerprint density at radius 3 is 2.42 bits per heavy atom. The van der Waals surface area contributed by atoms with Gasteiger partial charge in [0.05, 0.1) is 0 Å². The lowest BCUT2D eigenvalue weighted by atomic mass is 10.0. The van der Waals surface area contributed by atoms with Crippen LogP contribution in [0.4, 0.5) is 0 Å². The Morgan fingerprint density at radius 1 is 1.26 bits per heavy atom. The maximum atomic E-state index is 11.2. The molecule has 0 fully saturated rings. The Balaban J connectivity index is 3.09. The van der Waals surface area contributed by atoms with Gasteiger partial charge in [-0.1, -0.05) is 29.3 Å². The Hall–Kier alpha value is -2.28. The van der Waals surface area contributed by atoms with Crippen LogP contribution in [0.3, 0.4) is 0 Å². The number of oxime groups is 1. The van der Waals surface area contributed by atoms with Crippen molar-refractivity contribution >= 4 is 11.7 Å². The van der Waals surface area contributed by atoms with Crippen molar-refractivity contribution in [3.8, 4) is 11.8 Å². The molecule has 100 valence electrons. The molecule has 1 unspecified atom stereocenters. The molecule has 0 saturated heterocycles. The predicted molar refractivity (Wildman–Crippen MR) is 73.6 cm³/mol. The third-order valence-electron chi connectivity index (χ3n) is 2.49. The van der Waals surface area contributed by atoms with Gasteiger partial charge in [0.25, 0.3) is 0 Å². The average Bonchev–Trinajstić information content (AvgIpc) is 2.37. The number of hydrogen-bond donors (Lipinski definition) is 0. The van der Waals surface area contributed by atoms with Crippen LogP contribution in [0.1, 0.15) is 26.3 Å². The minimum atomic E-state index is -1.10. The standard InChI is InChI=1S/C15H17NO3/c1-12(16-18-4)15(3,19-13(2)17)11-10-14-8-6-5-7-9-14/h5-9H,1-4H3/b16-12+. The second kappa shape index (κ2) is 6.60. The van der Waals surface area contributed by atoms with Gasteiger partial charge in [-0.25, -0.2) is 0 Å². The fourth-order valence-electron chi connectivity index (χ4n) is 1.41. The van der Waals surface area contributed by atoms with Gasteiger partial charge in [0.1, 0.15) is 12.8 Å². The molecule has 0 heterocycles. The summed E-state index contributed by atoms with van der Waals surface area (Å²) in [6, 6.07) is 9.45. The normalized spacial score (nSPS) is 13.8. The highest BCUT2D eigenvalue weighted by atomic mass is 16.6. The van der Waals surface area contributed by atoms with E-state index in [0.717, 1.165) is 5.56 Å². The van der Waals surface area contributed by atoms with Gasteiger partial charge in [-0.3, -0.25) is 4.79 Å². The van der Waals surface area contributed by atoms with Crippen molar-refractivity contribution < 1.29 is 14.4 Å². The van der Waals surface area contributed by atoms with Crippen LogP contribution in [0.5, 0.6) is 0 Å². The summed E-state index contributed by atoms with van der Waals surface area (Å²) >= 11 is 0. The van der Waals surface area contributed by atoms with Crippen LogP contribution >= 0.6 is 0 Å². The smallest absolute Gasteiger partial charge is 0.304 e. The van der Waals surface area contributed by atoms with Gasteiger partial charge >= 0.3 is 5.97 Å². The average molecular weight is 259 g/mol. The molecule has 4 heteroatoms. The van der Waals surface area contributed by atoms with E-state index >= 15 is 0 Å². The summed E-state index contributed by atoms with van der Waals surface area (Å²) in [5, 5.41) is 3.80. The number of ether oxygens (including phenoxy) is 1. The lowest BCUT2D eigenvalue weighted by Crippen LogP contribution is -2.37. The summed E-state index contributed by atoms with van der Waals surface area (Å²) in [4.78, 5) is 15.9. The van der Waals surface area contributed by atoms with Gasteiger partial charge in [0, 0.05) is 12.5 Å². The van der Waals surface area contributed by atoms with E-state index in [1.54, 1.807) is 13.8 Å². The molecule has 1 atom stereocenters. The molecule has 1 aromatic rings. The van der Waals surface area contributed by atoms with Crippen molar-refractivity contribution in [1.82, 2.24) is 0 Å². The lowest BCUT2D eigenvalue weighted by molar-refractivity contribution is -0.146. The van der Waals surface area contributed by atoms with E-state index in [9.17, 15) is 4.79 Å². The first kappa shape index (κ1) is 14.8. The van der Waals surface area contributed by atoms with Crippen LogP contribution in [-0.4, -0.2) is 24.4 Å². The quantitative estimate of drug-likeness (QED) is 0.362. The van der Waals surface area contributed by atoms with Crippen LogP contribution < -0.4 is 0 Å². The van der Waals surface area contributed by atoms with Crippen LogP contribution in [-0.2, 0) is 14.4 Å². The molecular weight excluding hydrogens is 242 g/mol. The molecule has 1 aromatic carbocycles. The number of rotatable bonds is 3. The third kappa shape index (κ3) is 4.47. The van der Waals surface area contributed by atoms with Gasteiger partial charge in [0.2, 0.25) is 5.60 Å². The molecule has 0 amide bonds. The summed E-state index contributed by atoms with van der Waals surface area (Å²) in [5.41, 5.74) is 0.220. The van der Waals surface area contributed by atoms with Gasteiger partial charge < -0.3 is 9.57 Å². The van der Waals surface area contributed by atoms with Gasteiger partial charge in [0.15, 0.2) is 0 Å². The maximum Gasteiger partial charge on any atom is 0.304 e. The number of hydrogen-bond acceptors (Lipinski definition) is 4. The fourth-order valence-corrected chi connectivity index (χ4v) is 1.41. The Bertz CT molecular complexity index is 525. The van der Waals surface area contributed by atoms with Gasteiger partial charge in [-0.05, 0) is 31.9 Å². The number of nitrogens with zero attached hydrogens (tertiary/aromatic N) is 1. The molecule has 0 N–H and O–H groups in total. The fraction of sp³-hybridized carbons (Fsp3) is 0.333. The van der Waals surface area contributed by atoms with Crippen LogP contribution in [0, 0.1) is 11.8 Å². The summed E-state index contributed by atoms with van der Waals surface area (Å²) < 4.78 is 5.25. The van der Waals surface area contributed by atoms with Gasteiger partial charge in [-0.2, -0.15) is 0 Å². The summed E-state index contributed by atoms with van der Waals surface area (Å²) in [6.07, 6.45) is 0. The van der Waals surface area contributed by atoms with E-state index < -0.39 is 11.6 Å². The van der Waals surface area contributed by atoms with E-state index in [0.29, 0.717) is 5.71 Å². The van der Waals surface area contributed by atoms with Crippen molar-refractivity contribution in [2.45, 2.75) is 26.4 Å². The van der Waals surface area contributed by atoms with E-state index in [1.807, 2.05) is 30.3 Å². The van der Waals surface area contributed by atoms with E-state index in [-0.39, 0.29) is 0 Å². The topological polar surface area (TPSA) is 47.9 Å². The van der Waals surface area contributed by atoms with E-state index in [1.165, 1.54) is 14.0 Å². The molecule has 0 saturated carbocycles. The lowest BCUT2D eigenvalue weighted by Gasteiger charge is -2.22. The molecule has 0 aromatic heterocycles. The molecule has 19 heavy (non-hydrogen) atoms. The molecule has 0 bridgehead atoms. The predicted octanol–water partition coefficient (Wildman–Crippen LogP) is 2.38. The van der Waals surface area contributed by atoms with Crippen LogP contribution in [0.15, 0.2) is 35.5 Å². The first-order valence-electron chi connectivity index (χ1n) is 5.84. The number of benzene rings is 1. The van der Waals surface area contributed by atoms with Gasteiger partial charge in [-0.15, -0.1) is 0 Å². The van der Waals surface area contributed by atoms with Crippen molar-refractivity contribution in [3.05, 3.63) is 35.9 Å². The van der Waals surface area contributed by atoms with Crippen molar-refractivity contribution in [1.29, 1.82) is 0 Å². The zero-order valence-electron chi connectivity index (χ0n) is 11.6. The highest BCUT2D eigenvalue weighted by molar-refractivity contribution is 5.94. The second-order valence-corrected chi connectivity index (χ2v) is 4.10. The van der Waals surface area contributed by atoms with Crippen LogP contribution in [0.2, 0.25) is 0 Å². The molecule has 0 spiro atoms. The highest BCUT2D eigenvalue weighted by Crippen LogP contribution is 2.13. The monoisotopic (exact) mass is 259 g/mol. The van der Waals surface area contributed by atoms with E-state index in [2.05, 4.69) is 17.0 Å². The minimum absolute atomic E-state index is 0.421. The summed E-state index contributed by atoms with van der Waals surface area (Å²) in [5.74, 6) is 5.47. The maximum absolute atomic E-state index is 11.2. The number of carbonyl (C=O) groups is 1. The zero-order valence-corrected chi connectivity index (χ0v) is 11.6. The Morgan fingerprint density at radius 2 is 1.89 bits per heavy atom. The van der Waals surface area contributed by atoms with Crippen molar-refractivity contribution in [3.63, 3.8) is 0 Å². The Labute approximate surface area is 113 Å². The molecule has 0 aliphatic heterocycles. The molecule has 0 aliphatic carbocycles. The third-order valence-corrected chi connectivity index (χ3v) is 2.49. The largest absolute Gasteiger partial charge is 0.440 e. The SMILES string of the molecule is CO/N=C(\C)C(C)(C#Cc1ccccc1)OC(C)=O. The second-order valence-electron chi connectivity index (χ2n) is 4.10. The summed E-state index contributed by atoms with van der Waals surface area (Å²) in [6.45, 7) is 4.72. The Kier molecular flexibility index (Phi) is 5.13. The number of carbonyl (C=O) groups excluding carboxylic acids is 1. The molecule has 4 nitrogen and oxygen atoms in total. The van der Waals surface area contributed by atoms with Crippen molar-refractivity contribution in [2.24, 2.45) is 5.16 Å². The van der Waals surface area contributed by atoms with Crippen LogP contribution in [0.25, 0.3) is 0 Å². The number of esters is 1. The van der Waals surface area contributed by atoms with E-state index in [4.69, 9.17) is 9.57 Å². The molecular formula is C15H17NO3. The summed E-state index contributed by atoms with van der Waals surface area (Å²) in [7, 11) is 1.43. The first-order valence-corrected chi connectivity index (χ1v) is 5.84. The highest BCUT2D eigenvalue weighted by Gasteiger charge is 2.30. The molecule has 0 radical (unpaired) electrons.